The topological polar surface area (TPSA) is 45.4 Å². The third-order valence-corrected chi connectivity index (χ3v) is 3.68. The molecule has 2 N–H and O–H groups in total. The fourth-order valence-corrected chi connectivity index (χ4v) is 2.27. The molecule has 3 heteroatoms. The summed E-state index contributed by atoms with van der Waals surface area (Å²) in [5, 5.41) is 14.0. The van der Waals surface area contributed by atoms with Crippen LogP contribution in [0.4, 0.5) is 0 Å². The number of rotatable bonds is 7. The van der Waals surface area contributed by atoms with E-state index in [-0.39, 0.29) is 12.1 Å². The van der Waals surface area contributed by atoms with Crippen molar-refractivity contribution in [3.8, 4) is 0 Å². The lowest BCUT2D eigenvalue weighted by molar-refractivity contribution is 0.187. The molecule has 0 aliphatic heterocycles. The number of aryl methyl sites for hydroxylation is 1. The highest BCUT2D eigenvalue weighted by molar-refractivity contribution is 5.82. The normalized spacial score (nSPS) is 12.2. The highest BCUT2D eigenvalue weighted by Gasteiger charge is 2.19. The van der Waals surface area contributed by atoms with Crippen molar-refractivity contribution >= 4 is 11.0 Å². The average molecular weight is 275 g/mol. The van der Waals surface area contributed by atoms with Crippen LogP contribution in [0.2, 0.25) is 0 Å². The Kier molecular flexibility index (Phi) is 4.84. The van der Waals surface area contributed by atoms with Crippen molar-refractivity contribution in [1.29, 1.82) is 0 Å². The minimum Gasteiger partial charge on any atom is -0.461 e. The molecule has 0 bridgehead atoms. The first-order valence-electron chi connectivity index (χ1n) is 7.42. The van der Waals surface area contributed by atoms with Crippen LogP contribution in [0.1, 0.15) is 44.9 Å². The molecular formula is C17H25NO2. The molecule has 2 rings (SSSR count). The molecule has 1 aromatic carbocycles. The summed E-state index contributed by atoms with van der Waals surface area (Å²) in [6.45, 7) is 7.04. The highest BCUT2D eigenvalue weighted by atomic mass is 16.3. The van der Waals surface area contributed by atoms with Crippen LogP contribution < -0.4 is 5.32 Å². The Labute approximate surface area is 121 Å². The summed E-state index contributed by atoms with van der Waals surface area (Å²) >= 11 is 0. The maximum atomic E-state index is 9.36. The molecule has 0 saturated heterocycles. The Morgan fingerprint density at radius 2 is 2.00 bits per heavy atom. The molecule has 2 aromatic rings. The van der Waals surface area contributed by atoms with Crippen molar-refractivity contribution in [2.75, 3.05) is 6.61 Å². The molecular weight excluding hydrogens is 250 g/mol. The summed E-state index contributed by atoms with van der Waals surface area (Å²) in [6, 6.07) is 8.18. The first-order valence-corrected chi connectivity index (χ1v) is 7.42. The predicted octanol–water partition coefficient (Wildman–Crippen LogP) is 3.64. The minimum absolute atomic E-state index is 0.118. The summed E-state index contributed by atoms with van der Waals surface area (Å²) < 4.78 is 6.00. The molecule has 0 radical (unpaired) electrons. The zero-order valence-corrected chi connectivity index (χ0v) is 12.7. The van der Waals surface area contributed by atoms with E-state index in [1.807, 2.05) is 32.0 Å². The van der Waals surface area contributed by atoms with E-state index in [9.17, 15) is 5.11 Å². The van der Waals surface area contributed by atoms with Gasteiger partial charge in [-0.2, -0.15) is 0 Å². The molecule has 0 atom stereocenters. The van der Waals surface area contributed by atoms with Crippen LogP contribution in [0, 0.1) is 0 Å². The second kappa shape index (κ2) is 6.42. The first-order chi connectivity index (χ1) is 9.57. The van der Waals surface area contributed by atoms with Crippen LogP contribution >= 0.6 is 0 Å². The van der Waals surface area contributed by atoms with Crippen molar-refractivity contribution in [3.05, 3.63) is 35.6 Å². The summed E-state index contributed by atoms with van der Waals surface area (Å²) in [5.41, 5.74) is 1.91. The molecule has 0 spiro atoms. The van der Waals surface area contributed by atoms with Gasteiger partial charge in [-0.1, -0.05) is 31.5 Å². The molecule has 110 valence electrons. The van der Waals surface area contributed by atoms with Gasteiger partial charge in [0, 0.05) is 29.5 Å². The molecule has 1 aromatic heterocycles. The van der Waals surface area contributed by atoms with E-state index < -0.39 is 0 Å². The molecule has 0 aliphatic rings. The molecule has 0 aliphatic carbocycles. The summed E-state index contributed by atoms with van der Waals surface area (Å²) in [5.74, 6) is 1.08. The van der Waals surface area contributed by atoms with Gasteiger partial charge in [-0.15, -0.1) is 0 Å². The van der Waals surface area contributed by atoms with Gasteiger partial charge >= 0.3 is 0 Å². The van der Waals surface area contributed by atoms with E-state index in [1.54, 1.807) is 0 Å². The van der Waals surface area contributed by atoms with Gasteiger partial charge in [0.2, 0.25) is 0 Å². The largest absolute Gasteiger partial charge is 0.461 e. The second-order valence-electron chi connectivity index (χ2n) is 6.00. The number of benzene rings is 1. The van der Waals surface area contributed by atoms with Crippen molar-refractivity contribution in [2.24, 2.45) is 0 Å². The van der Waals surface area contributed by atoms with Crippen LogP contribution in [0.25, 0.3) is 11.0 Å². The standard InChI is InChI=1S/C17H25NO2/c1-4-5-9-16-14(11-18-17(2,3)12-19)13-8-6-7-10-15(13)20-16/h6-8,10,18-19H,4-5,9,11-12H2,1-3H3. The van der Waals surface area contributed by atoms with E-state index in [2.05, 4.69) is 18.3 Å². The van der Waals surface area contributed by atoms with Gasteiger partial charge < -0.3 is 14.8 Å². The number of para-hydroxylation sites is 1. The Morgan fingerprint density at radius 3 is 2.70 bits per heavy atom. The molecule has 20 heavy (non-hydrogen) atoms. The smallest absolute Gasteiger partial charge is 0.134 e. The van der Waals surface area contributed by atoms with E-state index in [4.69, 9.17) is 4.42 Å². The Bertz CT molecular complexity index is 557. The first kappa shape index (κ1) is 15.1. The monoisotopic (exact) mass is 275 g/mol. The fourth-order valence-electron chi connectivity index (χ4n) is 2.27. The second-order valence-corrected chi connectivity index (χ2v) is 6.00. The maximum Gasteiger partial charge on any atom is 0.134 e. The summed E-state index contributed by atoms with van der Waals surface area (Å²) in [4.78, 5) is 0. The molecule has 0 unspecified atom stereocenters. The Morgan fingerprint density at radius 1 is 1.25 bits per heavy atom. The SMILES string of the molecule is CCCCc1oc2ccccc2c1CNC(C)(C)CO. The molecule has 0 fully saturated rings. The van der Waals surface area contributed by atoms with Gasteiger partial charge in [0.1, 0.15) is 11.3 Å². The van der Waals surface area contributed by atoms with E-state index in [1.165, 1.54) is 10.9 Å². The quantitative estimate of drug-likeness (QED) is 0.811. The fraction of sp³-hybridized carbons (Fsp3) is 0.529. The van der Waals surface area contributed by atoms with Gasteiger partial charge in [-0.05, 0) is 26.3 Å². The lowest BCUT2D eigenvalue weighted by Crippen LogP contribution is -2.42. The molecule has 3 nitrogen and oxygen atoms in total. The Balaban J connectivity index is 2.28. The molecule has 1 heterocycles. The van der Waals surface area contributed by atoms with Crippen LogP contribution in [0.3, 0.4) is 0 Å². The maximum absolute atomic E-state index is 9.36. The minimum atomic E-state index is -0.277. The van der Waals surface area contributed by atoms with Gasteiger partial charge in [-0.3, -0.25) is 0 Å². The van der Waals surface area contributed by atoms with Crippen molar-refractivity contribution in [2.45, 2.75) is 52.1 Å². The van der Waals surface area contributed by atoms with Gasteiger partial charge in [-0.25, -0.2) is 0 Å². The van der Waals surface area contributed by atoms with E-state index in [0.717, 1.165) is 37.2 Å². The average Bonchev–Trinajstić information content (AvgIpc) is 2.80. The third kappa shape index (κ3) is 3.41. The Hall–Kier alpha value is -1.32. The zero-order chi connectivity index (χ0) is 14.6. The van der Waals surface area contributed by atoms with E-state index >= 15 is 0 Å². The number of nitrogens with one attached hydrogen (secondary N) is 1. The zero-order valence-electron chi connectivity index (χ0n) is 12.7. The summed E-state index contributed by atoms with van der Waals surface area (Å²) in [6.07, 6.45) is 3.27. The van der Waals surface area contributed by atoms with Gasteiger partial charge in [0.25, 0.3) is 0 Å². The van der Waals surface area contributed by atoms with E-state index in [0.29, 0.717) is 0 Å². The predicted molar refractivity (Wildman–Crippen MR) is 82.8 cm³/mol. The van der Waals surface area contributed by atoms with Crippen LogP contribution in [0.15, 0.2) is 28.7 Å². The van der Waals surface area contributed by atoms with Crippen molar-refractivity contribution in [1.82, 2.24) is 5.32 Å². The van der Waals surface area contributed by atoms with Crippen molar-refractivity contribution < 1.29 is 9.52 Å². The number of unbranched alkanes of at least 4 members (excludes halogenated alkanes) is 1. The lowest BCUT2D eigenvalue weighted by Gasteiger charge is -2.23. The third-order valence-electron chi connectivity index (χ3n) is 3.68. The highest BCUT2D eigenvalue weighted by Crippen LogP contribution is 2.27. The number of aliphatic hydroxyl groups is 1. The molecule has 0 saturated carbocycles. The number of hydrogen-bond acceptors (Lipinski definition) is 3. The van der Waals surface area contributed by atoms with Crippen LogP contribution in [-0.4, -0.2) is 17.3 Å². The van der Waals surface area contributed by atoms with Gasteiger partial charge in [0.05, 0.1) is 6.61 Å². The number of aliphatic hydroxyl groups excluding tert-OH is 1. The number of fused-ring (bicyclic) bond motifs is 1. The van der Waals surface area contributed by atoms with Crippen LogP contribution in [-0.2, 0) is 13.0 Å². The lowest BCUT2D eigenvalue weighted by atomic mass is 10.0. The molecule has 0 amide bonds. The number of hydrogen-bond donors (Lipinski definition) is 2. The van der Waals surface area contributed by atoms with Gasteiger partial charge in [0.15, 0.2) is 0 Å². The van der Waals surface area contributed by atoms with Crippen molar-refractivity contribution in [3.63, 3.8) is 0 Å². The van der Waals surface area contributed by atoms with Crippen LogP contribution in [0.5, 0.6) is 0 Å². The summed E-state index contributed by atoms with van der Waals surface area (Å²) in [7, 11) is 0. The number of furan rings is 1.